The molecule has 0 aliphatic carbocycles. The van der Waals surface area contributed by atoms with E-state index in [0.29, 0.717) is 6.54 Å². The molecule has 2 N–H and O–H groups in total. The maximum absolute atomic E-state index is 5.50. The summed E-state index contributed by atoms with van der Waals surface area (Å²) >= 11 is 1.64. The van der Waals surface area contributed by atoms with Crippen LogP contribution in [0.2, 0.25) is 0 Å². The first-order valence-electron chi connectivity index (χ1n) is 5.08. The first kappa shape index (κ1) is 12.5. The number of rotatable bonds is 7. The number of aromatic nitrogens is 3. The lowest BCUT2D eigenvalue weighted by Crippen LogP contribution is -2.05. The van der Waals surface area contributed by atoms with E-state index in [0.717, 1.165) is 36.4 Å². The van der Waals surface area contributed by atoms with Crippen molar-refractivity contribution in [1.82, 2.24) is 14.8 Å². The van der Waals surface area contributed by atoms with Crippen LogP contribution in [0.1, 0.15) is 19.2 Å². The third-order valence-electron chi connectivity index (χ3n) is 1.91. The summed E-state index contributed by atoms with van der Waals surface area (Å²) in [5.41, 5.74) is 5.50. The Hall–Kier alpha value is -0.590. The zero-order valence-electron chi connectivity index (χ0n) is 9.27. The molecule has 0 bridgehead atoms. The van der Waals surface area contributed by atoms with Gasteiger partial charge in [-0.2, -0.15) is 0 Å². The highest BCUT2D eigenvalue weighted by atomic mass is 32.2. The predicted octanol–water partition coefficient (Wildman–Crippen LogP) is 0.792. The predicted molar refractivity (Wildman–Crippen MR) is 60.7 cm³/mol. The Morgan fingerprint density at radius 3 is 2.80 bits per heavy atom. The number of hydrogen-bond acceptors (Lipinski definition) is 5. The first-order valence-corrected chi connectivity index (χ1v) is 6.07. The second-order valence-electron chi connectivity index (χ2n) is 3.12. The number of thioether (sulfide) groups is 1. The van der Waals surface area contributed by atoms with Crippen molar-refractivity contribution in [2.45, 2.75) is 25.0 Å². The van der Waals surface area contributed by atoms with E-state index >= 15 is 0 Å². The Morgan fingerprint density at radius 2 is 2.20 bits per heavy atom. The van der Waals surface area contributed by atoms with E-state index in [4.69, 9.17) is 10.5 Å². The Labute approximate surface area is 94.4 Å². The van der Waals surface area contributed by atoms with Crippen LogP contribution in [0.15, 0.2) is 5.16 Å². The SMILES string of the molecule is CCCOCCSc1nnc(CN)n1C. The van der Waals surface area contributed by atoms with Crippen LogP contribution in [0.4, 0.5) is 0 Å². The normalized spacial score (nSPS) is 10.9. The van der Waals surface area contributed by atoms with Gasteiger partial charge in [0.05, 0.1) is 13.2 Å². The van der Waals surface area contributed by atoms with Crippen LogP contribution in [-0.4, -0.2) is 33.7 Å². The van der Waals surface area contributed by atoms with Crippen molar-refractivity contribution >= 4 is 11.8 Å². The van der Waals surface area contributed by atoms with E-state index in [1.165, 1.54) is 0 Å². The van der Waals surface area contributed by atoms with Crippen molar-refractivity contribution in [1.29, 1.82) is 0 Å². The van der Waals surface area contributed by atoms with Crippen molar-refractivity contribution in [3.8, 4) is 0 Å². The molecule has 1 aromatic rings. The summed E-state index contributed by atoms with van der Waals surface area (Å²) in [7, 11) is 1.93. The van der Waals surface area contributed by atoms with Gasteiger partial charge in [0.2, 0.25) is 0 Å². The fraction of sp³-hybridized carbons (Fsp3) is 0.778. The van der Waals surface area contributed by atoms with Gasteiger partial charge in [0, 0.05) is 19.4 Å². The van der Waals surface area contributed by atoms with Crippen LogP contribution in [0.25, 0.3) is 0 Å². The average Bonchev–Trinajstić information content (AvgIpc) is 2.60. The fourth-order valence-electron chi connectivity index (χ4n) is 1.09. The van der Waals surface area contributed by atoms with E-state index in [9.17, 15) is 0 Å². The Morgan fingerprint density at radius 1 is 1.40 bits per heavy atom. The van der Waals surface area contributed by atoms with Crippen molar-refractivity contribution < 1.29 is 4.74 Å². The van der Waals surface area contributed by atoms with Gasteiger partial charge >= 0.3 is 0 Å². The van der Waals surface area contributed by atoms with E-state index in [2.05, 4.69) is 17.1 Å². The Balaban J connectivity index is 2.28. The van der Waals surface area contributed by atoms with Crippen molar-refractivity contribution in [3.05, 3.63) is 5.82 Å². The van der Waals surface area contributed by atoms with Gasteiger partial charge < -0.3 is 15.0 Å². The Bertz CT molecular complexity index is 290. The lowest BCUT2D eigenvalue weighted by atomic mass is 10.5. The molecule has 0 aromatic carbocycles. The molecular formula is C9H18N4OS. The standard InChI is InChI=1S/C9H18N4OS/c1-3-4-14-5-6-15-9-12-11-8(7-10)13(9)2/h3-7,10H2,1-2H3. The van der Waals surface area contributed by atoms with Gasteiger partial charge in [0.25, 0.3) is 0 Å². The number of nitrogens with zero attached hydrogens (tertiary/aromatic N) is 3. The molecule has 0 amide bonds. The van der Waals surface area contributed by atoms with Gasteiger partial charge in [-0.1, -0.05) is 18.7 Å². The summed E-state index contributed by atoms with van der Waals surface area (Å²) in [6.07, 6.45) is 1.06. The number of hydrogen-bond donors (Lipinski definition) is 1. The molecule has 5 nitrogen and oxygen atoms in total. The molecule has 6 heteroatoms. The minimum absolute atomic E-state index is 0.427. The van der Waals surface area contributed by atoms with Crippen LogP contribution in [-0.2, 0) is 18.3 Å². The zero-order valence-corrected chi connectivity index (χ0v) is 10.1. The van der Waals surface area contributed by atoms with Gasteiger partial charge in [-0.05, 0) is 6.42 Å². The minimum Gasteiger partial charge on any atom is -0.381 e. The molecule has 0 radical (unpaired) electrons. The minimum atomic E-state index is 0.427. The van der Waals surface area contributed by atoms with E-state index in [1.54, 1.807) is 11.8 Å². The summed E-state index contributed by atoms with van der Waals surface area (Å²) in [4.78, 5) is 0. The largest absolute Gasteiger partial charge is 0.381 e. The first-order chi connectivity index (χ1) is 7.29. The van der Waals surface area contributed by atoms with E-state index in [-0.39, 0.29) is 0 Å². The topological polar surface area (TPSA) is 66.0 Å². The molecular weight excluding hydrogens is 212 g/mol. The van der Waals surface area contributed by atoms with E-state index < -0.39 is 0 Å². The smallest absolute Gasteiger partial charge is 0.191 e. The zero-order chi connectivity index (χ0) is 11.1. The van der Waals surface area contributed by atoms with Crippen molar-refractivity contribution in [3.63, 3.8) is 0 Å². The molecule has 15 heavy (non-hydrogen) atoms. The highest BCUT2D eigenvalue weighted by Gasteiger charge is 2.06. The van der Waals surface area contributed by atoms with Crippen LogP contribution >= 0.6 is 11.8 Å². The molecule has 0 aliphatic rings. The van der Waals surface area contributed by atoms with Crippen molar-refractivity contribution in [2.24, 2.45) is 12.8 Å². The van der Waals surface area contributed by atoms with Crippen LogP contribution < -0.4 is 5.73 Å². The summed E-state index contributed by atoms with van der Waals surface area (Å²) < 4.78 is 7.30. The third kappa shape index (κ3) is 3.81. The molecule has 1 aromatic heterocycles. The van der Waals surface area contributed by atoms with Gasteiger partial charge in [-0.25, -0.2) is 0 Å². The molecule has 0 saturated carbocycles. The monoisotopic (exact) mass is 230 g/mol. The Kier molecular flexibility index (Phi) is 5.67. The second kappa shape index (κ2) is 6.81. The molecule has 0 fully saturated rings. The molecule has 0 aliphatic heterocycles. The van der Waals surface area contributed by atoms with Crippen LogP contribution in [0.5, 0.6) is 0 Å². The van der Waals surface area contributed by atoms with Crippen molar-refractivity contribution in [2.75, 3.05) is 19.0 Å². The average molecular weight is 230 g/mol. The summed E-state index contributed by atoms with van der Waals surface area (Å²) in [5, 5.41) is 8.92. The number of ether oxygens (including phenoxy) is 1. The van der Waals surface area contributed by atoms with Gasteiger partial charge in [0.15, 0.2) is 5.16 Å². The molecule has 1 rings (SSSR count). The molecule has 86 valence electrons. The molecule has 0 saturated heterocycles. The quantitative estimate of drug-likeness (QED) is 0.554. The summed E-state index contributed by atoms with van der Waals surface area (Å²) in [6.45, 7) is 4.11. The molecule has 0 atom stereocenters. The van der Waals surface area contributed by atoms with E-state index in [1.807, 2.05) is 11.6 Å². The lowest BCUT2D eigenvalue weighted by Gasteiger charge is -2.03. The second-order valence-corrected chi connectivity index (χ2v) is 4.18. The number of nitrogens with two attached hydrogens (primary N) is 1. The maximum atomic E-state index is 5.50. The highest BCUT2D eigenvalue weighted by Crippen LogP contribution is 2.14. The molecule has 0 unspecified atom stereocenters. The van der Waals surface area contributed by atoms with Gasteiger partial charge in [-0.3, -0.25) is 0 Å². The maximum Gasteiger partial charge on any atom is 0.191 e. The molecule has 0 spiro atoms. The van der Waals surface area contributed by atoms with Crippen LogP contribution in [0.3, 0.4) is 0 Å². The molecule has 1 heterocycles. The van der Waals surface area contributed by atoms with Crippen LogP contribution in [0, 0.1) is 0 Å². The third-order valence-corrected chi connectivity index (χ3v) is 2.90. The summed E-state index contributed by atoms with van der Waals surface area (Å²) in [6, 6.07) is 0. The highest BCUT2D eigenvalue weighted by molar-refractivity contribution is 7.99. The summed E-state index contributed by atoms with van der Waals surface area (Å²) in [5.74, 6) is 1.71. The fourth-order valence-corrected chi connectivity index (χ4v) is 1.87. The van der Waals surface area contributed by atoms with Gasteiger partial charge in [0.1, 0.15) is 5.82 Å². The van der Waals surface area contributed by atoms with Gasteiger partial charge in [-0.15, -0.1) is 10.2 Å². The lowest BCUT2D eigenvalue weighted by molar-refractivity contribution is 0.151.